The molecule has 1 fully saturated rings. The molecule has 1 aliphatic carbocycles. The van der Waals surface area contributed by atoms with Crippen molar-refractivity contribution in [3.05, 3.63) is 59.4 Å². The highest BCUT2D eigenvalue weighted by molar-refractivity contribution is 5.96. The van der Waals surface area contributed by atoms with Crippen LogP contribution in [0, 0.1) is 6.92 Å². The Morgan fingerprint density at radius 1 is 1.32 bits per heavy atom. The van der Waals surface area contributed by atoms with Gasteiger partial charge in [0.25, 0.3) is 5.91 Å². The van der Waals surface area contributed by atoms with Crippen molar-refractivity contribution < 1.29 is 9.53 Å². The third-order valence-corrected chi connectivity index (χ3v) is 5.38. The first-order valence-corrected chi connectivity index (χ1v) is 9.36. The zero-order valence-corrected chi connectivity index (χ0v) is 16.3. The third-order valence-electron chi connectivity index (χ3n) is 5.38. The van der Waals surface area contributed by atoms with Crippen molar-refractivity contribution in [2.24, 2.45) is 7.05 Å². The van der Waals surface area contributed by atoms with Crippen LogP contribution in [0.3, 0.4) is 0 Å². The van der Waals surface area contributed by atoms with Crippen LogP contribution in [0.5, 0.6) is 5.75 Å². The fourth-order valence-corrected chi connectivity index (χ4v) is 3.63. The number of amides is 1. The number of carbonyl (C=O) groups is 1. The van der Waals surface area contributed by atoms with Gasteiger partial charge in [-0.2, -0.15) is 5.10 Å². The van der Waals surface area contributed by atoms with Crippen LogP contribution in [-0.4, -0.2) is 43.6 Å². The topological polar surface area (TPSA) is 86.9 Å². The summed E-state index contributed by atoms with van der Waals surface area (Å²) in [6.45, 7) is 2.52. The molecule has 1 N–H and O–H groups in total. The Labute approximate surface area is 163 Å². The van der Waals surface area contributed by atoms with Gasteiger partial charge in [-0.25, -0.2) is 0 Å². The summed E-state index contributed by atoms with van der Waals surface area (Å²) in [6.07, 6.45) is 5.40. The second-order valence-corrected chi connectivity index (χ2v) is 7.26. The Kier molecular flexibility index (Phi) is 4.85. The molecule has 8 heteroatoms. The van der Waals surface area contributed by atoms with Crippen molar-refractivity contribution in [2.75, 3.05) is 7.11 Å². The highest BCUT2D eigenvalue weighted by Gasteiger charge is 2.35. The molecule has 0 radical (unpaired) electrons. The van der Waals surface area contributed by atoms with Crippen LogP contribution in [0.2, 0.25) is 0 Å². The van der Waals surface area contributed by atoms with E-state index in [4.69, 9.17) is 4.74 Å². The van der Waals surface area contributed by atoms with Gasteiger partial charge in [-0.05, 0) is 49.6 Å². The highest BCUT2D eigenvalue weighted by Crippen LogP contribution is 2.36. The number of nitrogens with zero attached hydrogens (tertiary/aromatic N) is 5. The molecule has 0 unspecified atom stereocenters. The van der Waals surface area contributed by atoms with Gasteiger partial charge >= 0.3 is 0 Å². The average Bonchev–Trinajstić information content (AvgIpc) is 3.29. The van der Waals surface area contributed by atoms with Crippen molar-refractivity contribution >= 4 is 5.91 Å². The predicted molar refractivity (Wildman–Crippen MR) is 103 cm³/mol. The molecule has 1 amide bonds. The monoisotopic (exact) mass is 380 g/mol. The number of rotatable bonds is 6. The summed E-state index contributed by atoms with van der Waals surface area (Å²) in [7, 11) is 3.61. The summed E-state index contributed by atoms with van der Waals surface area (Å²) in [5.41, 5.74) is 1.59. The molecule has 0 aliphatic heterocycles. The first-order chi connectivity index (χ1) is 13.5. The molecule has 2 aromatic heterocycles. The summed E-state index contributed by atoms with van der Waals surface area (Å²) in [6, 6.07) is 7.54. The molecule has 0 atom stereocenters. The number of aryl methyl sites for hydroxylation is 1. The van der Waals surface area contributed by atoms with E-state index < -0.39 is 0 Å². The van der Waals surface area contributed by atoms with E-state index in [1.807, 2.05) is 53.7 Å². The number of methoxy groups -OCH3 is 1. The standard InChI is InChI=1S/C20H24N6O2/c1-13-9-16(28-3)5-6-17(13)20(27)22-15-10-14(11-15)19-24-23-18(25(19)2)12-26-8-4-7-21-26/h4-9,14-15H,10-12H2,1-3H3,(H,22,27). The van der Waals surface area contributed by atoms with Crippen molar-refractivity contribution in [2.45, 2.75) is 38.3 Å². The van der Waals surface area contributed by atoms with Gasteiger partial charge in [-0.3, -0.25) is 9.48 Å². The SMILES string of the molecule is COc1ccc(C(=O)NC2CC(c3nnc(Cn4cccn4)n3C)C2)c(C)c1. The van der Waals surface area contributed by atoms with E-state index in [-0.39, 0.29) is 11.9 Å². The number of hydrogen-bond donors (Lipinski definition) is 1. The zero-order chi connectivity index (χ0) is 19.7. The summed E-state index contributed by atoms with van der Waals surface area (Å²) >= 11 is 0. The molecule has 3 aromatic rings. The molecule has 1 aliphatic rings. The summed E-state index contributed by atoms with van der Waals surface area (Å²) in [4.78, 5) is 12.6. The van der Waals surface area contributed by atoms with E-state index in [9.17, 15) is 4.79 Å². The summed E-state index contributed by atoms with van der Waals surface area (Å²) in [5, 5.41) is 16.0. The Hall–Kier alpha value is -3.16. The van der Waals surface area contributed by atoms with Crippen LogP contribution in [0.4, 0.5) is 0 Å². The van der Waals surface area contributed by atoms with Gasteiger partial charge in [0, 0.05) is 37.0 Å². The van der Waals surface area contributed by atoms with Crippen molar-refractivity contribution in [3.8, 4) is 5.75 Å². The van der Waals surface area contributed by atoms with Crippen molar-refractivity contribution in [3.63, 3.8) is 0 Å². The van der Waals surface area contributed by atoms with Crippen molar-refractivity contribution in [1.82, 2.24) is 29.9 Å². The van der Waals surface area contributed by atoms with Gasteiger partial charge in [0.15, 0.2) is 5.82 Å². The van der Waals surface area contributed by atoms with Crippen molar-refractivity contribution in [1.29, 1.82) is 0 Å². The van der Waals surface area contributed by atoms with Crippen LogP contribution in [-0.2, 0) is 13.6 Å². The van der Waals surface area contributed by atoms with Crippen LogP contribution in [0.15, 0.2) is 36.7 Å². The lowest BCUT2D eigenvalue weighted by molar-refractivity contribution is 0.0906. The number of nitrogens with one attached hydrogen (secondary N) is 1. The molecule has 1 aromatic carbocycles. The van der Waals surface area contributed by atoms with E-state index in [1.54, 1.807) is 13.3 Å². The number of benzene rings is 1. The fraction of sp³-hybridized carbons (Fsp3) is 0.400. The predicted octanol–water partition coefficient (Wildman–Crippen LogP) is 2.05. The molecule has 2 heterocycles. The maximum Gasteiger partial charge on any atom is 0.251 e. The number of aromatic nitrogens is 5. The Bertz CT molecular complexity index is 973. The van der Waals surface area contributed by atoms with Crippen LogP contribution < -0.4 is 10.1 Å². The van der Waals surface area contributed by atoms with E-state index in [0.717, 1.165) is 35.8 Å². The number of hydrogen-bond acceptors (Lipinski definition) is 5. The molecule has 1 saturated carbocycles. The second-order valence-electron chi connectivity index (χ2n) is 7.26. The first-order valence-electron chi connectivity index (χ1n) is 9.36. The minimum atomic E-state index is -0.0408. The van der Waals surface area contributed by atoms with Crippen LogP contribution in [0.25, 0.3) is 0 Å². The van der Waals surface area contributed by atoms with Crippen LogP contribution in [0.1, 0.15) is 46.3 Å². The largest absolute Gasteiger partial charge is 0.497 e. The molecule has 8 nitrogen and oxygen atoms in total. The molecular formula is C20H24N6O2. The van der Waals surface area contributed by atoms with Gasteiger partial charge < -0.3 is 14.6 Å². The lowest BCUT2D eigenvalue weighted by Gasteiger charge is -2.35. The van der Waals surface area contributed by atoms with Gasteiger partial charge in [-0.15, -0.1) is 10.2 Å². The minimum absolute atomic E-state index is 0.0408. The van der Waals surface area contributed by atoms with Gasteiger partial charge in [0.05, 0.1) is 7.11 Å². The maximum atomic E-state index is 12.6. The molecule has 4 rings (SSSR count). The molecular weight excluding hydrogens is 356 g/mol. The Morgan fingerprint density at radius 2 is 2.14 bits per heavy atom. The highest BCUT2D eigenvalue weighted by atomic mass is 16.5. The molecule has 0 saturated heterocycles. The van der Waals surface area contributed by atoms with Gasteiger partial charge in [-0.1, -0.05) is 0 Å². The fourth-order valence-electron chi connectivity index (χ4n) is 3.63. The van der Waals surface area contributed by atoms with E-state index in [2.05, 4.69) is 20.6 Å². The molecule has 0 spiro atoms. The van der Waals surface area contributed by atoms with E-state index >= 15 is 0 Å². The smallest absolute Gasteiger partial charge is 0.251 e. The quantitative estimate of drug-likeness (QED) is 0.707. The van der Waals surface area contributed by atoms with Crippen LogP contribution >= 0.6 is 0 Å². The van der Waals surface area contributed by atoms with E-state index in [0.29, 0.717) is 18.0 Å². The average molecular weight is 380 g/mol. The van der Waals surface area contributed by atoms with E-state index in [1.165, 1.54) is 0 Å². The number of carbonyl (C=O) groups excluding carboxylic acids is 1. The summed E-state index contributed by atoms with van der Waals surface area (Å²) < 4.78 is 9.07. The number of ether oxygens (including phenoxy) is 1. The van der Waals surface area contributed by atoms with Gasteiger partial charge in [0.1, 0.15) is 18.1 Å². The Balaban J connectivity index is 1.35. The Morgan fingerprint density at radius 3 is 2.82 bits per heavy atom. The lowest BCUT2D eigenvalue weighted by Crippen LogP contribution is -2.44. The lowest BCUT2D eigenvalue weighted by atomic mass is 9.79. The van der Waals surface area contributed by atoms with Gasteiger partial charge in [0.2, 0.25) is 0 Å². The third kappa shape index (κ3) is 3.49. The normalized spacial score (nSPS) is 18.5. The molecule has 146 valence electrons. The second kappa shape index (κ2) is 7.46. The minimum Gasteiger partial charge on any atom is -0.497 e. The first kappa shape index (κ1) is 18.2. The molecule has 28 heavy (non-hydrogen) atoms. The maximum absolute atomic E-state index is 12.6. The zero-order valence-electron chi connectivity index (χ0n) is 16.3. The molecule has 0 bridgehead atoms. The summed E-state index contributed by atoms with van der Waals surface area (Å²) in [5.74, 6) is 2.87.